The lowest BCUT2D eigenvalue weighted by molar-refractivity contribution is 0.994. The third kappa shape index (κ3) is 0.620. The maximum absolute atomic E-state index is 4.14. The molecule has 0 aromatic carbocycles. The Labute approximate surface area is 59.1 Å². The summed E-state index contributed by atoms with van der Waals surface area (Å²) < 4.78 is 2.06. The van der Waals surface area contributed by atoms with Crippen LogP contribution in [0.2, 0.25) is 0 Å². The summed E-state index contributed by atoms with van der Waals surface area (Å²) in [6.07, 6.45) is 3.84. The predicted molar refractivity (Wildman–Crippen MR) is 39.9 cm³/mol. The second-order valence-electron chi connectivity index (χ2n) is 2.30. The standard InChI is InChI=1S/C8H8N2/c1-7-9-5-4-8-3-2-6-10(7)8/h2-6H,1H3. The molecule has 0 aliphatic carbocycles. The summed E-state index contributed by atoms with van der Waals surface area (Å²) in [5.41, 5.74) is 1.20. The quantitative estimate of drug-likeness (QED) is 0.532. The fourth-order valence-electron chi connectivity index (χ4n) is 1.11. The van der Waals surface area contributed by atoms with Crippen molar-refractivity contribution in [1.29, 1.82) is 0 Å². The van der Waals surface area contributed by atoms with Crippen molar-refractivity contribution < 1.29 is 0 Å². The van der Waals surface area contributed by atoms with Crippen molar-refractivity contribution in [3.05, 3.63) is 36.4 Å². The van der Waals surface area contributed by atoms with Crippen LogP contribution in [0.15, 0.2) is 30.6 Å². The highest BCUT2D eigenvalue weighted by atomic mass is 15.0. The smallest absolute Gasteiger partial charge is 0.109 e. The van der Waals surface area contributed by atoms with Gasteiger partial charge >= 0.3 is 0 Å². The van der Waals surface area contributed by atoms with Crippen LogP contribution in [0.4, 0.5) is 0 Å². The van der Waals surface area contributed by atoms with Crippen LogP contribution in [0, 0.1) is 6.92 Å². The van der Waals surface area contributed by atoms with Gasteiger partial charge in [0.25, 0.3) is 0 Å². The van der Waals surface area contributed by atoms with Crippen LogP contribution in [0.25, 0.3) is 5.52 Å². The number of aryl methyl sites for hydroxylation is 1. The molecule has 0 saturated heterocycles. The molecular weight excluding hydrogens is 124 g/mol. The Morgan fingerprint density at radius 3 is 3.10 bits per heavy atom. The van der Waals surface area contributed by atoms with Crippen molar-refractivity contribution in [3.8, 4) is 0 Å². The predicted octanol–water partition coefficient (Wildman–Crippen LogP) is 1.64. The van der Waals surface area contributed by atoms with E-state index in [1.807, 2.05) is 31.5 Å². The molecule has 0 unspecified atom stereocenters. The van der Waals surface area contributed by atoms with Crippen LogP contribution >= 0.6 is 0 Å². The normalized spacial score (nSPS) is 10.5. The molecule has 2 heterocycles. The topological polar surface area (TPSA) is 17.3 Å². The van der Waals surface area contributed by atoms with Gasteiger partial charge in [-0.2, -0.15) is 0 Å². The van der Waals surface area contributed by atoms with Gasteiger partial charge in [0.2, 0.25) is 0 Å². The molecule has 0 aliphatic rings. The molecule has 0 spiro atoms. The Kier molecular flexibility index (Phi) is 1.01. The average Bonchev–Trinajstić information content (AvgIpc) is 2.36. The van der Waals surface area contributed by atoms with Gasteiger partial charge in [-0.15, -0.1) is 0 Å². The molecule has 0 fully saturated rings. The summed E-state index contributed by atoms with van der Waals surface area (Å²) in [5.74, 6) is 1.03. The molecule has 0 bridgehead atoms. The minimum atomic E-state index is 1.03. The number of hydrogen-bond donors (Lipinski definition) is 0. The molecule has 2 aromatic rings. The number of aromatic nitrogens is 2. The van der Waals surface area contributed by atoms with E-state index in [0.29, 0.717) is 0 Å². The van der Waals surface area contributed by atoms with E-state index in [4.69, 9.17) is 0 Å². The molecule has 0 aliphatic heterocycles. The second kappa shape index (κ2) is 1.84. The van der Waals surface area contributed by atoms with E-state index in [-0.39, 0.29) is 0 Å². The van der Waals surface area contributed by atoms with Crippen molar-refractivity contribution in [2.24, 2.45) is 0 Å². The summed E-state index contributed by atoms with van der Waals surface area (Å²) in [6.45, 7) is 1.99. The van der Waals surface area contributed by atoms with E-state index in [9.17, 15) is 0 Å². The first kappa shape index (κ1) is 5.47. The van der Waals surface area contributed by atoms with E-state index in [1.165, 1.54) is 5.52 Å². The van der Waals surface area contributed by atoms with Crippen LogP contribution < -0.4 is 0 Å². The highest BCUT2D eigenvalue weighted by Crippen LogP contribution is 2.03. The van der Waals surface area contributed by atoms with Gasteiger partial charge in [0, 0.05) is 17.9 Å². The van der Waals surface area contributed by atoms with Crippen LogP contribution in [-0.4, -0.2) is 9.38 Å². The van der Waals surface area contributed by atoms with E-state index in [1.54, 1.807) is 0 Å². The maximum atomic E-state index is 4.14. The van der Waals surface area contributed by atoms with E-state index < -0.39 is 0 Å². The summed E-state index contributed by atoms with van der Waals surface area (Å²) in [6, 6.07) is 6.08. The lowest BCUT2D eigenvalue weighted by atomic mass is 10.5. The van der Waals surface area contributed by atoms with Crippen molar-refractivity contribution >= 4 is 5.52 Å². The minimum Gasteiger partial charge on any atom is -0.306 e. The molecule has 0 N–H and O–H groups in total. The Morgan fingerprint density at radius 1 is 1.40 bits per heavy atom. The van der Waals surface area contributed by atoms with Gasteiger partial charge in [-0.05, 0) is 25.1 Å². The summed E-state index contributed by atoms with van der Waals surface area (Å²) in [5, 5.41) is 0. The Hall–Kier alpha value is -1.31. The molecule has 0 radical (unpaired) electrons. The number of hydrogen-bond acceptors (Lipinski definition) is 1. The zero-order valence-electron chi connectivity index (χ0n) is 5.78. The Morgan fingerprint density at radius 2 is 2.30 bits per heavy atom. The number of rotatable bonds is 0. The molecule has 2 aromatic heterocycles. The fourth-order valence-corrected chi connectivity index (χ4v) is 1.11. The third-order valence-corrected chi connectivity index (χ3v) is 1.64. The van der Waals surface area contributed by atoms with Gasteiger partial charge < -0.3 is 4.40 Å². The fraction of sp³-hybridized carbons (Fsp3) is 0.125. The highest BCUT2D eigenvalue weighted by Gasteiger charge is 1.91. The van der Waals surface area contributed by atoms with Gasteiger partial charge in [-0.3, -0.25) is 0 Å². The van der Waals surface area contributed by atoms with E-state index in [0.717, 1.165) is 5.82 Å². The highest BCUT2D eigenvalue weighted by molar-refractivity contribution is 5.46. The first-order chi connectivity index (χ1) is 4.88. The molecular formula is C8H8N2. The van der Waals surface area contributed by atoms with Gasteiger partial charge in [0.1, 0.15) is 5.82 Å². The molecule has 10 heavy (non-hydrogen) atoms. The van der Waals surface area contributed by atoms with E-state index in [2.05, 4.69) is 15.5 Å². The first-order valence-corrected chi connectivity index (χ1v) is 3.26. The molecule has 0 amide bonds. The Bertz CT molecular complexity index is 349. The zero-order valence-corrected chi connectivity index (χ0v) is 5.78. The number of fused-ring (bicyclic) bond motifs is 1. The number of nitrogens with zero attached hydrogens (tertiary/aromatic N) is 2. The van der Waals surface area contributed by atoms with Crippen LogP contribution in [-0.2, 0) is 0 Å². The van der Waals surface area contributed by atoms with Gasteiger partial charge in [-0.25, -0.2) is 4.98 Å². The molecule has 2 nitrogen and oxygen atoms in total. The van der Waals surface area contributed by atoms with E-state index >= 15 is 0 Å². The van der Waals surface area contributed by atoms with Crippen LogP contribution in [0.1, 0.15) is 5.82 Å². The Balaban J connectivity index is 2.95. The zero-order chi connectivity index (χ0) is 6.97. The monoisotopic (exact) mass is 132 g/mol. The maximum Gasteiger partial charge on any atom is 0.109 e. The van der Waals surface area contributed by atoms with Crippen molar-refractivity contribution in [2.75, 3.05) is 0 Å². The summed E-state index contributed by atoms with van der Waals surface area (Å²) in [7, 11) is 0. The van der Waals surface area contributed by atoms with Gasteiger partial charge in [0.05, 0.1) is 0 Å². The molecule has 2 heteroatoms. The van der Waals surface area contributed by atoms with Gasteiger partial charge in [0.15, 0.2) is 0 Å². The largest absolute Gasteiger partial charge is 0.306 e. The molecule has 0 atom stereocenters. The summed E-state index contributed by atoms with van der Waals surface area (Å²) in [4.78, 5) is 4.14. The first-order valence-electron chi connectivity index (χ1n) is 3.26. The van der Waals surface area contributed by atoms with Crippen LogP contribution in [0.5, 0.6) is 0 Å². The van der Waals surface area contributed by atoms with Crippen molar-refractivity contribution in [1.82, 2.24) is 9.38 Å². The summed E-state index contributed by atoms with van der Waals surface area (Å²) >= 11 is 0. The molecule has 50 valence electrons. The second-order valence-corrected chi connectivity index (χ2v) is 2.30. The van der Waals surface area contributed by atoms with Crippen LogP contribution in [0.3, 0.4) is 0 Å². The third-order valence-electron chi connectivity index (χ3n) is 1.64. The van der Waals surface area contributed by atoms with Gasteiger partial charge in [-0.1, -0.05) is 0 Å². The average molecular weight is 132 g/mol. The lowest BCUT2D eigenvalue weighted by Crippen LogP contribution is -1.90. The lowest BCUT2D eigenvalue weighted by Gasteiger charge is -1.96. The molecule has 0 saturated carbocycles. The SMILES string of the molecule is Cc1nccc2cccn12. The molecule has 2 rings (SSSR count). The van der Waals surface area contributed by atoms with Crippen molar-refractivity contribution in [3.63, 3.8) is 0 Å². The minimum absolute atomic E-state index is 1.03. The van der Waals surface area contributed by atoms with Crippen molar-refractivity contribution in [2.45, 2.75) is 6.92 Å².